The number of anilines is 1. The molecule has 4 heteroatoms. The van der Waals surface area contributed by atoms with Crippen LogP contribution in [0.15, 0.2) is 36.4 Å². The van der Waals surface area contributed by atoms with Crippen molar-refractivity contribution in [1.82, 2.24) is 0 Å². The van der Waals surface area contributed by atoms with E-state index in [1.807, 2.05) is 30.3 Å². The molecule has 1 N–H and O–H groups in total. The summed E-state index contributed by atoms with van der Waals surface area (Å²) < 4.78 is 5.21. The number of hydrogen-bond donors (Lipinski definition) is 1. The van der Waals surface area contributed by atoms with E-state index in [0.717, 1.165) is 24.1 Å². The Bertz CT molecular complexity index is 651. The van der Waals surface area contributed by atoms with Crippen LogP contribution in [0.4, 0.5) is 5.69 Å². The summed E-state index contributed by atoms with van der Waals surface area (Å²) in [5, 5.41) is 2.87. The molecule has 1 heterocycles. The molecule has 2 atom stereocenters. The lowest BCUT2D eigenvalue weighted by molar-refractivity contribution is -0.153. The van der Waals surface area contributed by atoms with Crippen LogP contribution < -0.4 is 5.32 Å². The second-order valence-corrected chi connectivity index (χ2v) is 5.96. The van der Waals surface area contributed by atoms with Crippen molar-refractivity contribution in [1.29, 1.82) is 0 Å². The lowest BCUT2D eigenvalue weighted by atomic mass is 9.81. The third kappa shape index (κ3) is 1.83. The first-order valence-corrected chi connectivity index (χ1v) is 7.88. The van der Waals surface area contributed by atoms with E-state index in [-0.39, 0.29) is 12.5 Å². The second-order valence-electron chi connectivity index (χ2n) is 5.96. The van der Waals surface area contributed by atoms with Gasteiger partial charge >= 0.3 is 5.97 Å². The molecule has 1 amide bonds. The predicted molar refractivity (Wildman–Crippen MR) is 84.5 cm³/mol. The predicted octanol–water partition coefficient (Wildman–Crippen LogP) is 3.19. The molecular weight excluding hydrogens is 278 g/mol. The van der Waals surface area contributed by atoms with Gasteiger partial charge in [-0.1, -0.05) is 43.7 Å². The highest BCUT2D eigenvalue weighted by molar-refractivity contribution is 6.17. The number of para-hydroxylation sites is 1. The third-order valence-electron chi connectivity index (χ3n) is 4.71. The maximum absolute atomic E-state index is 12.6. The lowest BCUT2D eigenvalue weighted by Gasteiger charge is -2.29. The quantitative estimate of drug-likeness (QED) is 0.516. The number of unbranched alkanes of at least 4 members (excludes halogenated alkanes) is 1. The average molecular weight is 299 g/mol. The number of amides is 1. The van der Waals surface area contributed by atoms with Crippen molar-refractivity contribution in [2.75, 3.05) is 11.9 Å². The van der Waals surface area contributed by atoms with Crippen molar-refractivity contribution in [2.45, 2.75) is 38.5 Å². The number of hydrogen-bond acceptors (Lipinski definition) is 3. The van der Waals surface area contributed by atoms with Gasteiger partial charge in [-0.05, 0) is 31.4 Å². The summed E-state index contributed by atoms with van der Waals surface area (Å²) in [5.41, 5.74) is 0.163. The number of carbonyl (C=O) groups is 2. The Balaban J connectivity index is 2.09. The molecule has 2 unspecified atom stereocenters. The van der Waals surface area contributed by atoms with Gasteiger partial charge in [-0.15, -0.1) is 0 Å². The zero-order valence-electron chi connectivity index (χ0n) is 13.0. The van der Waals surface area contributed by atoms with Crippen molar-refractivity contribution < 1.29 is 14.3 Å². The lowest BCUT2D eigenvalue weighted by Crippen LogP contribution is -2.42. The summed E-state index contributed by atoms with van der Waals surface area (Å²) in [6, 6.07) is 7.71. The van der Waals surface area contributed by atoms with Crippen LogP contribution in [0.2, 0.25) is 0 Å². The SMILES string of the molecule is CCC/C=C/C12CC1(C(=O)OCC)C(=O)Nc1ccccc12. The molecule has 1 aromatic rings. The van der Waals surface area contributed by atoms with Gasteiger partial charge in [-0.25, -0.2) is 0 Å². The largest absolute Gasteiger partial charge is 0.465 e. The smallest absolute Gasteiger partial charge is 0.322 e. The molecule has 0 spiro atoms. The number of benzene rings is 1. The Labute approximate surface area is 130 Å². The molecule has 116 valence electrons. The molecule has 22 heavy (non-hydrogen) atoms. The molecule has 0 radical (unpaired) electrons. The average Bonchev–Trinajstić information content (AvgIpc) is 3.21. The summed E-state index contributed by atoms with van der Waals surface area (Å²) >= 11 is 0. The number of rotatable bonds is 5. The standard InChI is InChI=1S/C18H21NO3/c1-3-5-8-11-17-12-18(17,16(21)22-4-2)15(20)19-14-10-7-6-9-13(14)17/h6-11H,3-5,12H2,1-2H3,(H,19,20)/b11-8+. The molecule has 1 aliphatic heterocycles. The van der Waals surface area contributed by atoms with Crippen molar-refractivity contribution in [3.63, 3.8) is 0 Å². The molecule has 4 nitrogen and oxygen atoms in total. The van der Waals surface area contributed by atoms with Gasteiger partial charge in [0, 0.05) is 11.1 Å². The Morgan fingerprint density at radius 2 is 2.14 bits per heavy atom. The first kappa shape index (κ1) is 14.8. The zero-order chi connectivity index (χ0) is 15.8. The summed E-state index contributed by atoms with van der Waals surface area (Å²) in [6.45, 7) is 4.15. The summed E-state index contributed by atoms with van der Waals surface area (Å²) in [6.07, 6.45) is 6.58. The van der Waals surface area contributed by atoms with Crippen molar-refractivity contribution in [3.8, 4) is 0 Å². The topological polar surface area (TPSA) is 55.4 Å². The van der Waals surface area contributed by atoms with Crippen LogP contribution in [0.3, 0.4) is 0 Å². The van der Waals surface area contributed by atoms with E-state index in [1.54, 1.807) is 6.92 Å². The third-order valence-corrected chi connectivity index (χ3v) is 4.71. The summed E-state index contributed by atoms with van der Waals surface area (Å²) in [7, 11) is 0. The highest BCUT2D eigenvalue weighted by Gasteiger charge is 2.79. The molecule has 0 bridgehead atoms. The zero-order valence-corrected chi connectivity index (χ0v) is 13.0. The van der Waals surface area contributed by atoms with E-state index in [0.29, 0.717) is 6.42 Å². The molecule has 2 aliphatic rings. The molecule has 1 aliphatic carbocycles. The highest BCUT2D eigenvalue weighted by atomic mass is 16.5. The molecule has 3 rings (SSSR count). The maximum Gasteiger partial charge on any atom is 0.322 e. The maximum atomic E-state index is 12.6. The van der Waals surface area contributed by atoms with Crippen LogP contribution in [-0.4, -0.2) is 18.5 Å². The Hall–Kier alpha value is -2.10. The number of carbonyl (C=O) groups excluding carboxylic acids is 2. The van der Waals surface area contributed by atoms with Crippen LogP contribution >= 0.6 is 0 Å². The van der Waals surface area contributed by atoms with Gasteiger partial charge in [0.25, 0.3) is 0 Å². The van der Waals surface area contributed by atoms with E-state index >= 15 is 0 Å². The molecule has 1 aromatic carbocycles. The van der Waals surface area contributed by atoms with Crippen molar-refractivity contribution in [2.24, 2.45) is 5.41 Å². The van der Waals surface area contributed by atoms with Crippen LogP contribution in [0.1, 0.15) is 38.7 Å². The van der Waals surface area contributed by atoms with Crippen molar-refractivity contribution in [3.05, 3.63) is 42.0 Å². The van der Waals surface area contributed by atoms with Crippen molar-refractivity contribution >= 4 is 17.6 Å². The van der Waals surface area contributed by atoms with Gasteiger partial charge in [-0.2, -0.15) is 0 Å². The number of nitrogens with one attached hydrogen (secondary N) is 1. The minimum atomic E-state index is -1.10. The van der Waals surface area contributed by atoms with Gasteiger partial charge in [0.1, 0.15) is 0 Å². The second kappa shape index (κ2) is 5.27. The first-order chi connectivity index (χ1) is 10.6. The molecule has 1 fully saturated rings. The van der Waals surface area contributed by atoms with Crippen LogP contribution in [0.5, 0.6) is 0 Å². The Kier molecular flexibility index (Phi) is 3.55. The highest BCUT2D eigenvalue weighted by Crippen LogP contribution is 2.70. The Morgan fingerprint density at radius 1 is 1.36 bits per heavy atom. The number of allylic oxidation sites excluding steroid dienone is 2. The molecular formula is C18H21NO3. The molecule has 0 saturated heterocycles. The Morgan fingerprint density at radius 3 is 2.86 bits per heavy atom. The van der Waals surface area contributed by atoms with E-state index in [2.05, 4.69) is 18.3 Å². The molecule has 0 aromatic heterocycles. The van der Waals surface area contributed by atoms with Crippen LogP contribution in [-0.2, 0) is 19.7 Å². The van der Waals surface area contributed by atoms with Gasteiger partial charge in [-0.3, -0.25) is 9.59 Å². The van der Waals surface area contributed by atoms with E-state index in [9.17, 15) is 9.59 Å². The fourth-order valence-corrected chi connectivity index (χ4v) is 3.54. The minimum Gasteiger partial charge on any atom is -0.465 e. The fourth-order valence-electron chi connectivity index (χ4n) is 3.54. The number of esters is 1. The fraction of sp³-hybridized carbons (Fsp3) is 0.444. The van der Waals surface area contributed by atoms with Crippen LogP contribution in [0.25, 0.3) is 0 Å². The van der Waals surface area contributed by atoms with Crippen LogP contribution in [0, 0.1) is 5.41 Å². The van der Waals surface area contributed by atoms with Gasteiger partial charge in [0.05, 0.1) is 6.61 Å². The van der Waals surface area contributed by atoms with E-state index in [4.69, 9.17) is 4.74 Å². The normalized spacial score (nSPS) is 28.7. The minimum absolute atomic E-state index is 0.245. The van der Waals surface area contributed by atoms with Gasteiger partial charge < -0.3 is 10.1 Å². The summed E-state index contributed by atoms with van der Waals surface area (Å²) in [4.78, 5) is 25.1. The van der Waals surface area contributed by atoms with E-state index in [1.165, 1.54) is 0 Å². The monoisotopic (exact) mass is 299 g/mol. The molecule has 1 saturated carbocycles. The first-order valence-electron chi connectivity index (χ1n) is 7.88. The van der Waals surface area contributed by atoms with E-state index < -0.39 is 16.8 Å². The summed E-state index contributed by atoms with van der Waals surface area (Å²) in [5.74, 6) is -0.658. The number of ether oxygens (including phenoxy) is 1. The van der Waals surface area contributed by atoms with Gasteiger partial charge in [0.15, 0.2) is 5.41 Å². The van der Waals surface area contributed by atoms with Gasteiger partial charge in [0.2, 0.25) is 5.91 Å². The number of fused-ring (bicyclic) bond motifs is 3.